The zero-order chi connectivity index (χ0) is 10.3. The highest BCUT2D eigenvalue weighted by Gasteiger charge is 2.06. The molecule has 0 aliphatic rings. The van der Waals surface area contributed by atoms with E-state index in [9.17, 15) is 0 Å². The van der Waals surface area contributed by atoms with Crippen molar-refractivity contribution in [2.24, 2.45) is 16.8 Å². The lowest BCUT2D eigenvalue weighted by atomic mass is 10.1. The van der Waals surface area contributed by atoms with Crippen LogP contribution < -0.4 is 5.73 Å². The van der Waals surface area contributed by atoms with Crippen LogP contribution in [-0.2, 0) is 4.74 Å². The van der Waals surface area contributed by atoms with E-state index < -0.39 is 0 Å². The summed E-state index contributed by atoms with van der Waals surface area (Å²) in [6, 6.07) is 0. The number of amidine groups is 1. The van der Waals surface area contributed by atoms with Gasteiger partial charge >= 0.3 is 0 Å². The Morgan fingerprint density at radius 1 is 1.46 bits per heavy atom. The first-order valence-corrected chi connectivity index (χ1v) is 4.67. The second-order valence-corrected chi connectivity index (χ2v) is 3.57. The predicted octanol–water partition coefficient (Wildman–Crippen LogP) is 1.57. The highest BCUT2D eigenvalue weighted by atomic mass is 16.5. The summed E-state index contributed by atoms with van der Waals surface area (Å²) in [5.41, 5.74) is 5.33. The molecule has 0 bridgehead atoms. The van der Waals surface area contributed by atoms with Gasteiger partial charge in [0.1, 0.15) is 6.10 Å². The monoisotopic (exact) mass is 188 g/mol. The van der Waals surface area contributed by atoms with Crippen molar-refractivity contribution in [3.05, 3.63) is 0 Å². The average molecular weight is 188 g/mol. The summed E-state index contributed by atoms with van der Waals surface area (Å²) in [6.45, 7) is 6.78. The van der Waals surface area contributed by atoms with E-state index in [2.05, 4.69) is 19.0 Å². The maximum absolute atomic E-state index is 8.33. The van der Waals surface area contributed by atoms with Gasteiger partial charge in [-0.15, -0.1) is 0 Å². The largest absolute Gasteiger partial charge is 0.409 e. The first-order chi connectivity index (χ1) is 6.07. The summed E-state index contributed by atoms with van der Waals surface area (Å²) >= 11 is 0. The maximum Gasteiger partial charge on any atom is 0.168 e. The van der Waals surface area contributed by atoms with E-state index in [1.54, 1.807) is 6.92 Å². The van der Waals surface area contributed by atoms with Crippen molar-refractivity contribution in [3.63, 3.8) is 0 Å². The van der Waals surface area contributed by atoms with Crippen LogP contribution in [0.1, 0.15) is 33.6 Å². The molecule has 0 aromatic heterocycles. The second kappa shape index (κ2) is 6.71. The van der Waals surface area contributed by atoms with Crippen LogP contribution in [0.4, 0.5) is 0 Å². The molecular formula is C9H20N2O2. The van der Waals surface area contributed by atoms with E-state index in [1.165, 1.54) is 0 Å². The Labute approximate surface area is 79.8 Å². The molecule has 0 aromatic carbocycles. The smallest absolute Gasteiger partial charge is 0.168 e. The third-order valence-electron chi connectivity index (χ3n) is 1.83. The highest BCUT2D eigenvalue weighted by Crippen LogP contribution is 2.04. The lowest BCUT2D eigenvalue weighted by Gasteiger charge is -2.11. The Bertz CT molecular complexity index is 158. The molecule has 0 heterocycles. The van der Waals surface area contributed by atoms with Gasteiger partial charge in [0, 0.05) is 6.61 Å². The molecule has 0 fully saturated rings. The molecule has 13 heavy (non-hydrogen) atoms. The van der Waals surface area contributed by atoms with Crippen LogP contribution in [0.15, 0.2) is 5.16 Å². The fourth-order valence-corrected chi connectivity index (χ4v) is 0.918. The van der Waals surface area contributed by atoms with Crippen molar-refractivity contribution < 1.29 is 9.94 Å². The highest BCUT2D eigenvalue weighted by molar-refractivity contribution is 5.83. The molecule has 0 amide bonds. The van der Waals surface area contributed by atoms with E-state index in [1.807, 2.05) is 0 Å². The molecule has 3 N–H and O–H groups in total. The van der Waals surface area contributed by atoms with Gasteiger partial charge in [-0.05, 0) is 25.7 Å². The van der Waals surface area contributed by atoms with E-state index in [-0.39, 0.29) is 11.9 Å². The van der Waals surface area contributed by atoms with Crippen molar-refractivity contribution >= 4 is 5.84 Å². The molecule has 0 saturated carbocycles. The summed E-state index contributed by atoms with van der Waals surface area (Å²) in [6.07, 6.45) is 1.86. The summed E-state index contributed by atoms with van der Waals surface area (Å²) in [5, 5.41) is 11.2. The Morgan fingerprint density at radius 3 is 2.54 bits per heavy atom. The second-order valence-electron chi connectivity index (χ2n) is 3.57. The fourth-order valence-electron chi connectivity index (χ4n) is 0.918. The van der Waals surface area contributed by atoms with Gasteiger partial charge in [-0.1, -0.05) is 19.0 Å². The summed E-state index contributed by atoms with van der Waals surface area (Å²) in [4.78, 5) is 0. The number of nitrogens with two attached hydrogens (primary N) is 1. The maximum atomic E-state index is 8.33. The third-order valence-corrected chi connectivity index (χ3v) is 1.83. The topological polar surface area (TPSA) is 67.8 Å². The Balaban J connectivity index is 3.43. The van der Waals surface area contributed by atoms with Crippen LogP contribution in [-0.4, -0.2) is 23.8 Å². The van der Waals surface area contributed by atoms with E-state index in [0.29, 0.717) is 12.5 Å². The van der Waals surface area contributed by atoms with Gasteiger partial charge in [-0.25, -0.2) is 0 Å². The average Bonchev–Trinajstić information content (AvgIpc) is 2.10. The lowest BCUT2D eigenvalue weighted by Crippen LogP contribution is -2.29. The molecule has 78 valence electrons. The molecule has 0 aliphatic heterocycles. The minimum absolute atomic E-state index is 0.129. The Kier molecular flexibility index (Phi) is 6.32. The van der Waals surface area contributed by atoms with Crippen LogP contribution in [0, 0.1) is 5.92 Å². The molecule has 4 nitrogen and oxygen atoms in total. The summed E-state index contributed by atoms with van der Waals surface area (Å²) in [7, 11) is 0. The molecule has 0 saturated heterocycles. The molecule has 0 aliphatic carbocycles. The number of oxime groups is 1. The van der Waals surface area contributed by atoms with Crippen molar-refractivity contribution in [1.82, 2.24) is 0 Å². The van der Waals surface area contributed by atoms with Gasteiger partial charge in [0.05, 0.1) is 0 Å². The minimum atomic E-state index is -0.294. The zero-order valence-corrected chi connectivity index (χ0v) is 8.66. The van der Waals surface area contributed by atoms with Gasteiger partial charge in [-0.2, -0.15) is 0 Å². The predicted molar refractivity (Wildman–Crippen MR) is 52.9 cm³/mol. The normalized spacial score (nSPS) is 14.9. The van der Waals surface area contributed by atoms with Crippen LogP contribution in [0.5, 0.6) is 0 Å². The van der Waals surface area contributed by atoms with Crippen molar-refractivity contribution in [2.45, 2.75) is 39.7 Å². The molecule has 4 heteroatoms. The third kappa shape index (κ3) is 6.40. The lowest BCUT2D eigenvalue weighted by molar-refractivity contribution is 0.101. The van der Waals surface area contributed by atoms with Crippen LogP contribution >= 0.6 is 0 Å². The first-order valence-electron chi connectivity index (χ1n) is 4.67. The Hall–Kier alpha value is -0.770. The first kappa shape index (κ1) is 12.2. The van der Waals surface area contributed by atoms with E-state index in [4.69, 9.17) is 15.7 Å². The van der Waals surface area contributed by atoms with Crippen LogP contribution in [0.3, 0.4) is 0 Å². The number of hydrogen-bond donors (Lipinski definition) is 2. The van der Waals surface area contributed by atoms with Gasteiger partial charge in [0.15, 0.2) is 5.84 Å². The van der Waals surface area contributed by atoms with Gasteiger partial charge < -0.3 is 15.7 Å². The van der Waals surface area contributed by atoms with Crippen molar-refractivity contribution in [3.8, 4) is 0 Å². The molecule has 1 unspecified atom stereocenters. The molecule has 0 spiro atoms. The summed E-state index contributed by atoms with van der Waals surface area (Å²) < 4.78 is 5.33. The van der Waals surface area contributed by atoms with Gasteiger partial charge in [-0.3, -0.25) is 0 Å². The zero-order valence-electron chi connectivity index (χ0n) is 8.66. The number of hydrogen-bond acceptors (Lipinski definition) is 3. The van der Waals surface area contributed by atoms with Gasteiger partial charge in [0.25, 0.3) is 0 Å². The molecule has 0 aromatic rings. The Morgan fingerprint density at radius 2 is 2.08 bits per heavy atom. The van der Waals surface area contributed by atoms with Gasteiger partial charge in [0.2, 0.25) is 0 Å². The molecule has 0 rings (SSSR count). The van der Waals surface area contributed by atoms with E-state index >= 15 is 0 Å². The standard InChI is InChI=1S/C9H20N2O2/c1-7(2)5-4-6-13-8(3)9(10)11-12/h7-8,12H,4-6H2,1-3H3,(H2,10,11). The van der Waals surface area contributed by atoms with Crippen molar-refractivity contribution in [2.75, 3.05) is 6.61 Å². The molecule has 0 radical (unpaired) electrons. The molecular weight excluding hydrogens is 168 g/mol. The summed E-state index contributed by atoms with van der Waals surface area (Å²) in [5.74, 6) is 0.826. The van der Waals surface area contributed by atoms with Crippen LogP contribution in [0.25, 0.3) is 0 Å². The quantitative estimate of drug-likeness (QED) is 0.218. The van der Waals surface area contributed by atoms with Crippen molar-refractivity contribution in [1.29, 1.82) is 0 Å². The SMILES string of the molecule is CC(C)CCCOC(C)C(N)=NO. The number of nitrogens with zero attached hydrogens (tertiary/aromatic N) is 1. The fraction of sp³-hybridized carbons (Fsp3) is 0.889. The molecule has 1 atom stereocenters. The van der Waals surface area contributed by atoms with Crippen LogP contribution in [0.2, 0.25) is 0 Å². The minimum Gasteiger partial charge on any atom is -0.409 e. The van der Waals surface area contributed by atoms with E-state index in [0.717, 1.165) is 12.8 Å². The number of ether oxygens (including phenoxy) is 1. The number of rotatable bonds is 6.